The van der Waals surface area contributed by atoms with Crippen molar-refractivity contribution < 1.29 is 0 Å². The molecule has 0 amide bonds. The Balaban J connectivity index is 2.13. The molecule has 0 bridgehead atoms. The van der Waals surface area contributed by atoms with Crippen LogP contribution in [0.15, 0.2) is 48.6 Å². The van der Waals surface area contributed by atoms with Gasteiger partial charge in [0, 0.05) is 17.5 Å². The predicted molar refractivity (Wildman–Crippen MR) is 83.2 cm³/mol. The third-order valence-corrected chi connectivity index (χ3v) is 4.01. The van der Waals surface area contributed by atoms with E-state index in [1.165, 1.54) is 11.1 Å². The highest BCUT2D eigenvalue weighted by Gasteiger charge is 2.28. The molecule has 0 aromatic heterocycles. The molecular weight excluding hydrogens is 230 g/mol. The van der Waals surface area contributed by atoms with Gasteiger partial charge in [-0.15, -0.1) is 0 Å². The summed E-state index contributed by atoms with van der Waals surface area (Å²) < 4.78 is 0. The second-order valence-electron chi connectivity index (χ2n) is 6.08. The fraction of sp³-hybridized carbons (Fsp3) is 0.444. The summed E-state index contributed by atoms with van der Waals surface area (Å²) in [4.78, 5) is 0. The van der Waals surface area contributed by atoms with Crippen molar-refractivity contribution in [2.24, 2.45) is 5.41 Å². The van der Waals surface area contributed by atoms with Gasteiger partial charge in [0.1, 0.15) is 0 Å². The van der Waals surface area contributed by atoms with Gasteiger partial charge < -0.3 is 5.32 Å². The van der Waals surface area contributed by atoms with Crippen LogP contribution in [-0.2, 0) is 0 Å². The Hall–Kier alpha value is -1.34. The van der Waals surface area contributed by atoms with E-state index in [4.69, 9.17) is 0 Å². The van der Waals surface area contributed by atoms with Crippen molar-refractivity contribution >= 4 is 0 Å². The maximum Gasteiger partial charge on any atom is 0.0344 e. The largest absolute Gasteiger partial charge is 0.303 e. The average molecular weight is 255 g/mol. The Bertz CT molecular complexity index is 465. The van der Waals surface area contributed by atoms with E-state index in [-0.39, 0.29) is 5.41 Å². The molecule has 1 aromatic carbocycles. The Morgan fingerprint density at radius 2 is 1.84 bits per heavy atom. The maximum atomic E-state index is 3.79. The zero-order valence-corrected chi connectivity index (χ0v) is 12.5. The highest BCUT2D eigenvalue weighted by atomic mass is 15.0. The molecule has 1 N–H and O–H groups in total. The average Bonchev–Trinajstić information content (AvgIpc) is 2.38. The first-order chi connectivity index (χ1) is 9.03. The van der Waals surface area contributed by atoms with E-state index < -0.39 is 0 Å². The summed E-state index contributed by atoms with van der Waals surface area (Å²) in [6.45, 7) is 8.95. The van der Waals surface area contributed by atoms with Gasteiger partial charge in [0.25, 0.3) is 0 Å². The highest BCUT2D eigenvalue weighted by molar-refractivity contribution is 5.26. The molecule has 2 atom stereocenters. The number of allylic oxidation sites excluding steroid dienone is 2. The lowest BCUT2D eigenvalue weighted by molar-refractivity contribution is 0.320. The van der Waals surface area contributed by atoms with Crippen molar-refractivity contribution in [2.75, 3.05) is 0 Å². The van der Waals surface area contributed by atoms with E-state index in [9.17, 15) is 0 Å². The highest BCUT2D eigenvalue weighted by Crippen LogP contribution is 2.29. The van der Waals surface area contributed by atoms with Gasteiger partial charge in [0.15, 0.2) is 0 Å². The van der Waals surface area contributed by atoms with Crippen molar-refractivity contribution in [3.63, 3.8) is 0 Å². The lowest BCUT2D eigenvalue weighted by Gasteiger charge is -2.35. The fourth-order valence-corrected chi connectivity index (χ4v) is 2.57. The fourth-order valence-electron chi connectivity index (χ4n) is 2.57. The molecule has 19 heavy (non-hydrogen) atoms. The first-order valence-corrected chi connectivity index (χ1v) is 7.21. The molecule has 1 aliphatic rings. The quantitative estimate of drug-likeness (QED) is 0.832. The molecule has 0 radical (unpaired) electrons. The van der Waals surface area contributed by atoms with Gasteiger partial charge in [-0.1, -0.05) is 74.9 Å². The zero-order valence-electron chi connectivity index (χ0n) is 12.5. The SMILES string of the molecule is CCC(NC1C=CC=CC1(C)C)c1ccc(C)cc1. The summed E-state index contributed by atoms with van der Waals surface area (Å²) in [5.74, 6) is 0. The van der Waals surface area contributed by atoms with Crippen LogP contribution in [-0.4, -0.2) is 6.04 Å². The first kappa shape index (κ1) is 14.1. The van der Waals surface area contributed by atoms with Gasteiger partial charge in [-0.05, 0) is 18.9 Å². The number of hydrogen-bond acceptors (Lipinski definition) is 1. The minimum absolute atomic E-state index is 0.173. The molecule has 2 rings (SSSR count). The van der Waals surface area contributed by atoms with E-state index in [1.54, 1.807) is 0 Å². The molecule has 0 spiro atoms. The second kappa shape index (κ2) is 5.75. The van der Waals surface area contributed by atoms with Crippen molar-refractivity contribution in [3.8, 4) is 0 Å². The predicted octanol–water partition coefficient (Wildman–Crippen LogP) is 4.56. The summed E-state index contributed by atoms with van der Waals surface area (Å²) in [6.07, 6.45) is 9.95. The third-order valence-electron chi connectivity index (χ3n) is 4.01. The number of rotatable bonds is 4. The summed E-state index contributed by atoms with van der Waals surface area (Å²) in [5.41, 5.74) is 2.87. The summed E-state index contributed by atoms with van der Waals surface area (Å²) in [6, 6.07) is 9.69. The van der Waals surface area contributed by atoms with Crippen LogP contribution in [0.5, 0.6) is 0 Å². The number of hydrogen-bond donors (Lipinski definition) is 1. The molecule has 1 aromatic rings. The molecule has 1 aliphatic carbocycles. The van der Waals surface area contributed by atoms with Crippen LogP contribution in [0.25, 0.3) is 0 Å². The lowest BCUT2D eigenvalue weighted by Crippen LogP contribution is -2.42. The molecule has 0 aliphatic heterocycles. The van der Waals surface area contributed by atoms with Crippen LogP contribution in [0.4, 0.5) is 0 Å². The lowest BCUT2D eigenvalue weighted by atomic mass is 9.80. The normalized spacial score (nSPS) is 22.4. The standard InChI is InChI=1S/C18H25N/c1-5-16(15-11-9-14(2)10-12-15)19-17-8-6-7-13-18(17,3)4/h6-13,16-17,19H,5H2,1-4H3. The molecule has 1 nitrogen and oxygen atoms in total. The minimum Gasteiger partial charge on any atom is -0.303 e. The molecule has 0 saturated heterocycles. The Morgan fingerprint density at radius 1 is 1.16 bits per heavy atom. The van der Waals surface area contributed by atoms with Crippen molar-refractivity contribution in [1.82, 2.24) is 5.32 Å². The number of aryl methyl sites for hydroxylation is 1. The summed E-state index contributed by atoms with van der Waals surface area (Å²) >= 11 is 0. The van der Waals surface area contributed by atoms with Crippen LogP contribution in [0.1, 0.15) is 44.4 Å². The van der Waals surface area contributed by atoms with Crippen LogP contribution < -0.4 is 5.32 Å². The van der Waals surface area contributed by atoms with Gasteiger partial charge >= 0.3 is 0 Å². The first-order valence-electron chi connectivity index (χ1n) is 7.21. The van der Waals surface area contributed by atoms with Gasteiger partial charge in [0.2, 0.25) is 0 Å². The van der Waals surface area contributed by atoms with Gasteiger partial charge in [-0.3, -0.25) is 0 Å². The van der Waals surface area contributed by atoms with E-state index in [1.807, 2.05) is 0 Å². The van der Waals surface area contributed by atoms with Gasteiger partial charge in [0.05, 0.1) is 0 Å². The monoisotopic (exact) mass is 255 g/mol. The third kappa shape index (κ3) is 3.36. The topological polar surface area (TPSA) is 12.0 Å². The molecule has 1 heteroatoms. The van der Waals surface area contributed by atoms with E-state index >= 15 is 0 Å². The molecule has 102 valence electrons. The number of benzene rings is 1. The van der Waals surface area contributed by atoms with E-state index in [0.717, 1.165) is 6.42 Å². The molecule has 0 heterocycles. The smallest absolute Gasteiger partial charge is 0.0344 e. The Kier molecular flexibility index (Phi) is 4.26. The van der Waals surface area contributed by atoms with Crippen molar-refractivity contribution in [3.05, 3.63) is 59.7 Å². The molecule has 0 saturated carbocycles. The van der Waals surface area contributed by atoms with Gasteiger partial charge in [-0.25, -0.2) is 0 Å². The van der Waals surface area contributed by atoms with Crippen LogP contribution in [0.3, 0.4) is 0 Å². The summed E-state index contributed by atoms with van der Waals surface area (Å²) in [7, 11) is 0. The minimum atomic E-state index is 0.173. The number of nitrogens with one attached hydrogen (secondary N) is 1. The zero-order chi connectivity index (χ0) is 13.9. The molecule has 2 unspecified atom stereocenters. The molecule has 0 fully saturated rings. The Labute approximate surface area is 117 Å². The van der Waals surface area contributed by atoms with Crippen LogP contribution in [0, 0.1) is 12.3 Å². The van der Waals surface area contributed by atoms with Crippen LogP contribution >= 0.6 is 0 Å². The summed E-state index contributed by atoms with van der Waals surface area (Å²) in [5, 5.41) is 3.79. The van der Waals surface area contributed by atoms with Crippen LogP contribution in [0.2, 0.25) is 0 Å². The maximum absolute atomic E-state index is 3.79. The Morgan fingerprint density at radius 3 is 2.42 bits per heavy atom. The molecular formula is C18H25N. The van der Waals surface area contributed by atoms with Crippen molar-refractivity contribution in [2.45, 2.75) is 46.2 Å². The van der Waals surface area contributed by atoms with Gasteiger partial charge in [-0.2, -0.15) is 0 Å². The van der Waals surface area contributed by atoms with E-state index in [2.05, 4.69) is 81.6 Å². The second-order valence-corrected chi connectivity index (χ2v) is 6.08. The van der Waals surface area contributed by atoms with Crippen molar-refractivity contribution in [1.29, 1.82) is 0 Å². The van der Waals surface area contributed by atoms with E-state index in [0.29, 0.717) is 12.1 Å².